The fourth-order valence-corrected chi connectivity index (χ4v) is 3.04. The summed E-state index contributed by atoms with van der Waals surface area (Å²) in [5, 5.41) is 7.64. The van der Waals surface area contributed by atoms with Crippen molar-refractivity contribution >= 4 is 0 Å². The van der Waals surface area contributed by atoms with E-state index < -0.39 is 0 Å². The zero-order valence-corrected chi connectivity index (χ0v) is 13.0. The Morgan fingerprint density at radius 3 is 2.60 bits per heavy atom. The first-order valence-electron chi connectivity index (χ1n) is 8.35. The Balaban J connectivity index is 1.84. The van der Waals surface area contributed by atoms with E-state index in [-0.39, 0.29) is 0 Å². The van der Waals surface area contributed by atoms with Crippen molar-refractivity contribution in [3.63, 3.8) is 0 Å². The van der Waals surface area contributed by atoms with Crippen molar-refractivity contribution in [1.82, 2.24) is 15.5 Å². The largest absolute Gasteiger partial charge is 0.339 e. The Hall–Kier alpha value is -0.900. The monoisotopic (exact) mass is 279 g/mol. The molecule has 1 saturated carbocycles. The van der Waals surface area contributed by atoms with E-state index in [1.54, 1.807) is 0 Å². The summed E-state index contributed by atoms with van der Waals surface area (Å²) >= 11 is 0. The molecule has 1 aliphatic rings. The molecule has 0 spiro atoms. The minimum absolute atomic E-state index is 0.511. The van der Waals surface area contributed by atoms with Crippen LogP contribution in [0.25, 0.3) is 0 Å². The highest BCUT2D eigenvalue weighted by molar-refractivity contribution is 4.96. The molecule has 0 amide bonds. The van der Waals surface area contributed by atoms with Crippen LogP contribution in [0.3, 0.4) is 0 Å². The lowest BCUT2D eigenvalue weighted by Gasteiger charge is -2.15. The number of aromatic nitrogens is 2. The van der Waals surface area contributed by atoms with Gasteiger partial charge in [-0.2, -0.15) is 4.98 Å². The van der Waals surface area contributed by atoms with E-state index in [1.807, 2.05) is 0 Å². The normalized spacial score (nSPS) is 19.5. The lowest BCUT2D eigenvalue weighted by molar-refractivity contribution is 0.354. The second kappa shape index (κ2) is 8.40. The summed E-state index contributed by atoms with van der Waals surface area (Å²) in [4.78, 5) is 4.63. The maximum atomic E-state index is 5.43. The standard InChI is InChI=1S/C16H29N3O/c1-3-17-13(2)11-12-15-18-16(19-20-15)14-9-7-5-4-6-8-10-14/h13-14,17H,3-12H2,1-2H3. The SMILES string of the molecule is CCNC(C)CCc1nc(C2CCCCCCC2)no1. The fourth-order valence-electron chi connectivity index (χ4n) is 3.04. The van der Waals surface area contributed by atoms with E-state index >= 15 is 0 Å². The van der Waals surface area contributed by atoms with Gasteiger partial charge in [-0.3, -0.25) is 0 Å². The molecule has 1 aromatic rings. The summed E-state index contributed by atoms with van der Waals surface area (Å²) in [5.74, 6) is 2.30. The van der Waals surface area contributed by atoms with Gasteiger partial charge in [-0.1, -0.05) is 44.2 Å². The van der Waals surface area contributed by atoms with Crippen LogP contribution in [-0.2, 0) is 6.42 Å². The molecule has 114 valence electrons. The summed E-state index contributed by atoms with van der Waals surface area (Å²) in [5.41, 5.74) is 0. The minimum atomic E-state index is 0.511. The van der Waals surface area contributed by atoms with Crippen molar-refractivity contribution < 1.29 is 4.52 Å². The van der Waals surface area contributed by atoms with Crippen LogP contribution in [0.4, 0.5) is 0 Å². The van der Waals surface area contributed by atoms with Crippen LogP contribution in [0.2, 0.25) is 0 Å². The zero-order chi connectivity index (χ0) is 14.2. The minimum Gasteiger partial charge on any atom is -0.339 e. The molecule has 1 atom stereocenters. The lowest BCUT2D eigenvalue weighted by Crippen LogP contribution is -2.25. The van der Waals surface area contributed by atoms with Crippen molar-refractivity contribution in [2.24, 2.45) is 0 Å². The molecule has 1 N–H and O–H groups in total. The predicted molar refractivity (Wildman–Crippen MR) is 80.8 cm³/mol. The van der Waals surface area contributed by atoms with Crippen molar-refractivity contribution in [3.05, 3.63) is 11.7 Å². The van der Waals surface area contributed by atoms with Gasteiger partial charge in [0.05, 0.1) is 0 Å². The van der Waals surface area contributed by atoms with Gasteiger partial charge in [0, 0.05) is 18.4 Å². The van der Waals surface area contributed by atoms with Crippen molar-refractivity contribution in [1.29, 1.82) is 0 Å². The molecule has 20 heavy (non-hydrogen) atoms. The summed E-state index contributed by atoms with van der Waals surface area (Å²) < 4.78 is 5.43. The molecule has 1 unspecified atom stereocenters. The van der Waals surface area contributed by atoms with E-state index in [1.165, 1.54) is 44.9 Å². The van der Waals surface area contributed by atoms with Crippen LogP contribution in [0.1, 0.15) is 82.8 Å². The van der Waals surface area contributed by atoms with E-state index in [0.717, 1.165) is 31.1 Å². The van der Waals surface area contributed by atoms with Crippen LogP contribution < -0.4 is 5.32 Å². The average molecular weight is 279 g/mol. The van der Waals surface area contributed by atoms with Gasteiger partial charge in [-0.05, 0) is 32.7 Å². The van der Waals surface area contributed by atoms with Gasteiger partial charge in [0.1, 0.15) is 0 Å². The summed E-state index contributed by atoms with van der Waals surface area (Å²) in [6.45, 7) is 5.35. The Labute approximate surface area is 122 Å². The van der Waals surface area contributed by atoms with Crippen LogP contribution in [-0.4, -0.2) is 22.7 Å². The first kappa shape index (κ1) is 15.5. The number of nitrogens with zero attached hydrogens (tertiary/aromatic N) is 2. The highest BCUT2D eigenvalue weighted by Gasteiger charge is 2.19. The molecule has 4 nitrogen and oxygen atoms in total. The first-order valence-corrected chi connectivity index (χ1v) is 8.35. The predicted octanol–water partition coefficient (Wildman–Crippen LogP) is 3.83. The molecule has 0 radical (unpaired) electrons. The van der Waals surface area contributed by atoms with Gasteiger partial charge < -0.3 is 9.84 Å². The van der Waals surface area contributed by atoms with E-state index in [4.69, 9.17) is 4.52 Å². The quantitative estimate of drug-likeness (QED) is 0.860. The van der Waals surface area contributed by atoms with E-state index in [2.05, 4.69) is 29.3 Å². The van der Waals surface area contributed by atoms with Gasteiger partial charge in [-0.15, -0.1) is 0 Å². The lowest BCUT2D eigenvalue weighted by atomic mass is 9.91. The van der Waals surface area contributed by atoms with Crippen LogP contribution >= 0.6 is 0 Å². The average Bonchev–Trinajstić information content (AvgIpc) is 2.85. The molecule has 1 heterocycles. The Morgan fingerprint density at radius 2 is 1.90 bits per heavy atom. The molecule has 0 aromatic carbocycles. The third-order valence-corrected chi connectivity index (χ3v) is 4.30. The number of hydrogen-bond donors (Lipinski definition) is 1. The number of nitrogens with one attached hydrogen (secondary N) is 1. The van der Waals surface area contributed by atoms with Gasteiger partial charge in [0.25, 0.3) is 0 Å². The Bertz CT molecular complexity index is 370. The van der Waals surface area contributed by atoms with E-state index in [0.29, 0.717) is 12.0 Å². The third-order valence-electron chi connectivity index (χ3n) is 4.30. The zero-order valence-electron chi connectivity index (χ0n) is 13.0. The highest BCUT2D eigenvalue weighted by atomic mass is 16.5. The molecule has 1 aromatic heterocycles. The van der Waals surface area contributed by atoms with Gasteiger partial charge in [0.15, 0.2) is 5.82 Å². The second-order valence-electron chi connectivity index (χ2n) is 6.09. The highest BCUT2D eigenvalue weighted by Crippen LogP contribution is 2.29. The number of hydrogen-bond acceptors (Lipinski definition) is 4. The van der Waals surface area contributed by atoms with Gasteiger partial charge in [-0.25, -0.2) is 0 Å². The molecule has 0 saturated heterocycles. The number of rotatable bonds is 6. The van der Waals surface area contributed by atoms with Crippen molar-refractivity contribution in [2.75, 3.05) is 6.54 Å². The molecule has 0 aliphatic heterocycles. The molecule has 0 bridgehead atoms. The fraction of sp³-hybridized carbons (Fsp3) is 0.875. The van der Waals surface area contributed by atoms with Crippen LogP contribution in [0.5, 0.6) is 0 Å². The molecular weight excluding hydrogens is 250 g/mol. The molecule has 1 fully saturated rings. The topological polar surface area (TPSA) is 51.0 Å². The van der Waals surface area contributed by atoms with Gasteiger partial charge in [0.2, 0.25) is 5.89 Å². The Morgan fingerprint density at radius 1 is 1.20 bits per heavy atom. The maximum Gasteiger partial charge on any atom is 0.226 e. The molecule has 4 heteroatoms. The Kier molecular flexibility index (Phi) is 6.51. The molecular formula is C16H29N3O. The first-order chi connectivity index (χ1) is 9.79. The van der Waals surface area contributed by atoms with Crippen molar-refractivity contribution in [2.45, 2.75) is 83.6 Å². The van der Waals surface area contributed by atoms with Crippen LogP contribution in [0, 0.1) is 0 Å². The maximum absolute atomic E-state index is 5.43. The molecule has 1 aliphatic carbocycles. The number of aryl methyl sites for hydroxylation is 1. The summed E-state index contributed by atoms with van der Waals surface area (Å²) in [6, 6.07) is 0.511. The molecule has 2 rings (SSSR count). The van der Waals surface area contributed by atoms with Crippen LogP contribution in [0.15, 0.2) is 4.52 Å². The summed E-state index contributed by atoms with van der Waals surface area (Å²) in [7, 11) is 0. The van der Waals surface area contributed by atoms with E-state index in [9.17, 15) is 0 Å². The van der Waals surface area contributed by atoms with Gasteiger partial charge >= 0.3 is 0 Å². The van der Waals surface area contributed by atoms with Crippen molar-refractivity contribution in [3.8, 4) is 0 Å². The smallest absolute Gasteiger partial charge is 0.226 e. The third kappa shape index (κ3) is 4.89. The second-order valence-corrected chi connectivity index (χ2v) is 6.09. The summed E-state index contributed by atoms with van der Waals surface area (Å²) in [6.07, 6.45) is 11.1.